The van der Waals surface area contributed by atoms with Crippen LogP contribution in [0.3, 0.4) is 0 Å². The first kappa shape index (κ1) is 19.8. The summed E-state index contributed by atoms with van der Waals surface area (Å²) in [5.74, 6) is 0. The number of benzene rings is 2. The van der Waals surface area contributed by atoms with Gasteiger partial charge in [-0.15, -0.1) is 0 Å². The topological polar surface area (TPSA) is 46.2 Å². The molecule has 1 N–H and O–H groups in total. The Morgan fingerprint density at radius 2 is 1.60 bits per heavy atom. The van der Waals surface area contributed by atoms with Gasteiger partial charge in [-0.25, -0.2) is 8.42 Å². The second kappa shape index (κ2) is 6.64. The number of anilines is 1. The van der Waals surface area contributed by atoms with Crippen LogP contribution in [0.2, 0.25) is 0 Å². The van der Waals surface area contributed by atoms with Gasteiger partial charge in [0.25, 0.3) is 10.0 Å². The van der Waals surface area contributed by atoms with Crippen molar-refractivity contribution in [1.82, 2.24) is 0 Å². The fourth-order valence-electron chi connectivity index (χ4n) is 2.15. The van der Waals surface area contributed by atoms with Crippen LogP contribution in [0.15, 0.2) is 51.8 Å². The zero-order valence-corrected chi connectivity index (χ0v) is 16.2. The molecule has 0 fully saturated rings. The highest BCUT2D eigenvalue weighted by Gasteiger charge is 2.32. The molecular weight excluding hydrogens is 419 g/mol. The first-order chi connectivity index (χ1) is 11.3. The summed E-state index contributed by atoms with van der Waals surface area (Å²) in [7, 11) is -4.03. The maximum absolute atomic E-state index is 12.7. The van der Waals surface area contributed by atoms with Gasteiger partial charge in [-0.3, -0.25) is 4.72 Å². The van der Waals surface area contributed by atoms with Crippen LogP contribution in [0.4, 0.5) is 18.9 Å². The van der Waals surface area contributed by atoms with E-state index >= 15 is 0 Å². The summed E-state index contributed by atoms with van der Waals surface area (Å²) in [6.07, 6.45) is -4.54. The molecule has 136 valence electrons. The molecule has 0 saturated heterocycles. The minimum atomic E-state index is -4.54. The number of rotatable bonds is 3. The highest BCUT2D eigenvalue weighted by molar-refractivity contribution is 9.10. The van der Waals surface area contributed by atoms with Crippen LogP contribution in [-0.4, -0.2) is 8.42 Å². The van der Waals surface area contributed by atoms with E-state index < -0.39 is 21.8 Å². The number of nitrogens with one attached hydrogen (secondary N) is 1. The minimum Gasteiger partial charge on any atom is -0.280 e. The summed E-state index contributed by atoms with van der Waals surface area (Å²) in [5, 5.41) is 0. The Balaban J connectivity index is 2.38. The van der Waals surface area contributed by atoms with Crippen molar-refractivity contribution in [1.29, 1.82) is 0 Å². The van der Waals surface area contributed by atoms with Crippen molar-refractivity contribution in [2.24, 2.45) is 0 Å². The molecule has 0 aliphatic carbocycles. The number of sulfonamides is 1. The molecule has 2 aromatic carbocycles. The highest BCUT2D eigenvalue weighted by Crippen LogP contribution is 2.34. The van der Waals surface area contributed by atoms with Gasteiger partial charge in [-0.1, -0.05) is 32.9 Å². The first-order valence-corrected chi connectivity index (χ1v) is 9.58. The van der Waals surface area contributed by atoms with E-state index in [0.29, 0.717) is 5.69 Å². The van der Waals surface area contributed by atoms with Crippen molar-refractivity contribution in [3.8, 4) is 0 Å². The third-order valence-electron chi connectivity index (χ3n) is 3.53. The number of hydrogen-bond donors (Lipinski definition) is 1. The summed E-state index contributed by atoms with van der Waals surface area (Å²) in [5.41, 5.74) is 0.183. The van der Waals surface area contributed by atoms with Gasteiger partial charge in [0.15, 0.2) is 0 Å². The Morgan fingerprint density at radius 1 is 0.960 bits per heavy atom. The van der Waals surface area contributed by atoms with E-state index in [1.807, 2.05) is 26.8 Å². The summed E-state index contributed by atoms with van der Waals surface area (Å²) in [4.78, 5) is -0.262. The molecule has 0 saturated carbocycles. The number of alkyl halides is 3. The lowest BCUT2D eigenvalue weighted by Crippen LogP contribution is -2.16. The summed E-state index contributed by atoms with van der Waals surface area (Å²) in [6.45, 7) is 5.98. The molecule has 2 rings (SSSR count). The van der Waals surface area contributed by atoms with Crippen molar-refractivity contribution >= 4 is 31.6 Å². The molecule has 3 nitrogen and oxygen atoms in total. The lowest BCUT2D eigenvalue weighted by Gasteiger charge is -2.20. The summed E-state index contributed by atoms with van der Waals surface area (Å²) >= 11 is 2.92. The van der Waals surface area contributed by atoms with Crippen LogP contribution >= 0.6 is 15.9 Å². The van der Waals surface area contributed by atoms with Gasteiger partial charge >= 0.3 is 6.18 Å². The molecule has 8 heteroatoms. The van der Waals surface area contributed by atoms with E-state index in [2.05, 4.69) is 20.7 Å². The van der Waals surface area contributed by atoms with Crippen LogP contribution in [0.5, 0.6) is 0 Å². The number of hydrogen-bond acceptors (Lipinski definition) is 2. The third kappa shape index (κ3) is 4.76. The minimum absolute atomic E-state index is 0.151. The SMILES string of the molecule is CC(C)(C)c1cccc(NS(=O)(=O)c2ccc(C(F)(F)F)cc2Br)c1. The van der Waals surface area contributed by atoms with Crippen molar-refractivity contribution in [3.63, 3.8) is 0 Å². The monoisotopic (exact) mass is 435 g/mol. The Bertz CT molecular complexity index is 887. The van der Waals surface area contributed by atoms with Crippen molar-refractivity contribution in [2.75, 3.05) is 4.72 Å². The number of halogens is 4. The summed E-state index contributed by atoms with van der Waals surface area (Å²) < 4.78 is 65.4. The smallest absolute Gasteiger partial charge is 0.280 e. The van der Waals surface area contributed by atoms with Crippen LogP contribution in [0.25, 0.3) is 0 Å². The van der Waals surface area contributed by atoms with Gasteiger partial charge in [-0.2, -0.15) is 13.2 Å². The van der Waals surface area contributed by atoms with E-state index in [0.717, 1.165) is 23.8 Å². The molecule has 25 heavy (non-hydrogen) atoms. The van der Waals surface area contributed by atoms with Crippen LogP contribution in [0.1, 0.15) is 31.9 Å². The fraction of sp³-hybridized carbons (Fsp3) is 0.294. The average molecular weight is 436 g/mol. The predicted octanol–water partition coefficient (Wildman–Crippen LogP) is 5.57. The van der Waals surface area contributed by atoms with Crippen LogP contribution in [-0.2, 0) is 21.6 Å². The quantitative estimate of drug-likeness (QED) is 0.684. The maximum atomic E-state index is 12.7. The van der Waals surface area contributed by atoms with Crippen molar-refractivity contribution in [3.05, 3.63) is 58.1 Å². The Hall–Kier alpha value is -1.54. The van der Waals surface area contributed by atoms with E-state index in [4.69, 9.17) is 0 Å². The van der Waals surface area contributed by atoms with Gasteiger partial charge in [0.2, 0.25) is 0 Å². The van der Waals surface area contributed by atoms with Gasteiger partial charge < -0.3 is 0 Å². The predicted molar refractivity (Wildman–Crippen MR) is 95.1 cm³/mol. The molecule has 0 atom stereocenters. The lowest BCUT2D eigenvalue weighted by atomic mass is 9.87. The molecule has 0 unspecified atom stereocenters. The van der Waals surface area contributed by atoms with Crippen molar-refractivity contribution in [2.45, 2.75) is 37.3 Å². The Labute approximate surface area is 153 Å². The van der Waals surface area contributed by atoms with E-state index in [1.165, 1.54) is 0 Å². The van der Waals surface area contributed by atoms with E-state index in [9.17, 15) is 21.6 Å². The molecule has 0 heterocycles. The maximum Gasteiger partial charge on any atom is 0.416 e. The largest absolute Gasteiger partial charge is 0.416 e. The standard InChI is InChI=1S/C17H17BrF3NO2S/c1-16(2,3)11-5-4-6-13(9-11)22-25(23,24)15-8-7-12(10-14(15)18)17(19,20)21/h4-10,22H,1-3H3. The van der Waals surface area contributed by atoms with E-state index in [-0.39, 0.29) is 14.8 Å². The molecule has 0 spiro atoms. The zero-order chi connectivity index (χ0) is 19.0. The molecule has 0 radical (unpaired) electrons. The van der Waals surface area contributed by atoms with E-state index in [1.54, 1.807) is 18.2 Å². The van der Waals surface area contributed by atoms with Gasteiger partial charge in [0.1, 0.15) is 4.90 Å². The fourth-order valence-corrected chi connectivity index (χ4v) is 4.28. The Morgan fingerprint density at radius 3 is 2.12 bits per heavy atom. The summed E-state index contributed by atoms with van der Waals surface area (Å²) in [6, 6.07) is 9.32. The zero-order valence-electron chi connectivity index (χ0n) is 13.8. The first-order valence-electron chi connectivity index (χ1n) is 7.31. The van der Waals surface area contributed by atoms with Crippen LogP contribution in [0, 0.1) is 0 Å². The van der Waals surface area contributed by atoms with Gasteiger partial charge in [0.05, 0.1) is 5.56 Å². The van der Waals surface area contributed by atoms with Gasteiger partial charge in [-0.05, 0) is 57.2 Å². The molecule has 0 amide bonds. The second-order valence-corrected chi connectivity index (χ2v) is 9.08. The second-order valence-electron chi connectivity index (χ2n) is 6.58. The highest BCUT2D eigenvalue weighted by atomic mass is 79.9. The molecule has 0 aliphatic heterocycles. The Kier molecular flexibility index (Phi) is 5.26. The molecule has 0 bridgehead atoms. The molecule has 0 aliphatic rings. The average Bonchev–Trinajstić information content (AvgIpc) is 2.44. The molecule has 0 aromatic heterocycles. The normalized spacial score (nSPS) is 12.9. The third-order valence-corrected chi connectivity index (χ3v) is 5.89. The van der Waals surface area contributed by atoms with Crippen molar-refractivity contribution < 1.29 is 21.6 Å². The molecular formula is C17H17BrF3NO2S. The van der Waals surface area contributed by atoms with Gasteiger partial charge in [0, 0.05) is 10.2 Å². The lowest BCUT2D eigenvalue weighted by molar-refractivity contribution is -0.137. The molecule has 2 aromatic rings. The van der Waals surface area contributed by atoms with Crippen LogP contribution < -0.4 is 4.72 Å².